The number of nitrogens with zero attached hydrogens (tertiary/aromatic N) is 2. The van der Waals surface area contributed by atoms with Crippen LogP contribution in [0.1, 0.15) is 0 Å². The number of aromatic nitrogens is 2. The lowest BCUT2D eigenvalue weighted by atomic mass is 10.0. The molecule has 3 aromatic rings. The monoisotopic (exact) mass is 221 g/mol. The van der Waals surface area contributed by atoms with Gasteiger partial charge < -0.3 is 5.73 Å². The minimum absolute atomic E-state index is 0.776. The molecule has 0 aliphatic rings. The molecule has 0 atom stereocenters. The summed E-state index contributed by atoms with van der Waals surface area (Å²) >= 11 is 0. The second kappa shape index (κ2) is 3.87. The van der Waals surface area contributed by atoms with Gasteiger partial charge in [0.2, 0.25) is 0 Å². The fourth-order valence-electron chi connectivity index (χ4n) is 1.97. The number of hydrogen-bond donors (Lipinski definition) is 1. The van der Waals surface area contributed by atoms with Gasteiger partial charge in [0.25, 0.3) is 0 Å². The number of benzene rings is 1. The molecule has 3 rings (SSSR count). The molecule has 0 fully saturated rings. The molecule has 3 heteroatoms. The van der Waals surface area contributed by atoms with E-state index in [9.17, 15) is 0 Å². The third kappa shape index (κ3) is 1.61. The average Bonchev–Trinajstić information content (AvgIpc) is 2.40. The zero-order valence-corrected chi connectivity index (χ0v) is 9.17. The van der Waals surface area contributed by atoms with Crippen molar-refractivity contribution in [3.63, 3.8) is 0 Å². The van der Waals surface area contributed by atoms with E-state index in [1.54, 1.807) is 12.4 Å². The van der Waals surface area contributed by atoms with E-state index >= 15 is 0 Å². The van der Waals surface area contributed by atoms with Crippen LogP contribution in [0.3, 0.4) is 0 Å². The van der Waals surface area contributed by atoms with Crippen molar-refractivity contribution in [3.8, 4) is 11.1 Å². The predicted molar refractivity (Wildman–Crippen MR) is 69.4 cm³/mol. The second-order valence-electron chi connectivity index (χ2n) is 3.87. The Morgan fingerprint density at radius 1 is 0.882 bits per heavy atom. The van der Waals surface area contributed by atoms with E-state index in [2.05, 4.69) is 9.97 Å². The maximum absolute atomic E-state index is 6.20. The first-order valence-electron chi connectivity index (χ1n) is 5.39. The first-order chi connectivity index (χ1) is 8.36. The summed E-state index contributed by atoms with van der Waals surface area (Å²) in [5, 5.41) is 2.08. The van der Waals surface area contributed by atoms with Crippen LogP contribution in [0.2, 0.25) is 0 Å². The molecule has 0 saturated carbocycles. The van der Waals surface area contributed by atoms with Crippen molar-refractivity contribution in [1.29, 1.82) is 0 Å². The standard InChI is InChI=1S/C14H11N3/c15-14-12(10-2-1-6-16-8-10)4-3-11-9-17-7-5-13(11)14/h1-9H,15H2. The fraction of sp³-hybridized carbons (Fsp3) is 0. The van der Waals surface area contributed by atoms with Crippen molar-refractivity contribution in [2.24, 2.45) is 0 Å². The molecule has 0 spiro atoms. The summed E-state index contributed by atoms with van der Waals surface area (Å²) in [6.07, 6.45) is 7.15. The van der Waals surface area contributed by atoms with Gasteiger partial charge in [0, 0.05) is 52.4 Å². The Morgan fingerprint density at radius 2 is 1.76 bits per heavy atom. The summed E-state index contributed by atoms with van der Waals surface area (Å²) in [5.41, 5.74) is 9.01. The van der Waals surface area contributed by atoms with E-state index in [0.29, 0.717) is 0 Å². The Morgan fingerprint density at radius 3 is 2.59 bits per heavy atom. The van der Waals surface area contributed by atoms with Crippen molar-refractivity contribution >= 4 is 16.5 Å². The van der Waals surface area contributed by atoms with Crippen LogP contribution in [-0.2, 0) is 0 Å². The molecule has 0 aliphatic heterocycles. The molecular weight excluding hydrogens is 210 g/mol. The van der Waals surface area contributed by atoms with Crippen LogP contribution in [0.4, 0.5) is 5.69 Å². The number of fused-ring (bicyclic) bond motifs is 1. The molecule has 2 N–H and O–H groups in total. The minimum atomic E-state index is 0.776. The number of pyridine rings is 2. The first kappa shape index (κ1) is 9.78. The third-order valence-electron chi connectivity index (χ3n) is 2.83. The molecule has 17 heavy (non-hydrogen) atoms. The van der Waals surface area contributed by atoms with Crippen LogP contribution in [0, 0.1) is 0 Å². The van der Waals surface area contributed by atoms with Crippen molar-refractivity contribution < 1.29 is 0 Å². The SMILES string of the molecule is Nc1c(-c2cccnc2)ccc2cnccc12. The molecule has 2 aromatic heterocycles. The van der Waals surface area contributed by atoms with Crippen molar-refractivity contribution in [3.05, 3.63) is 55.1 Å². The molecule has 0 saturated heterocycles. The van der Waals surface area contributed by atoms with Gasteiger partial charge >= 0.3 is 0 Å². The van der Waals surface area contributed by atoms with E-state index in [1.807, 2.05) is 42.7 Å². The highest BCUT2D eigenvalue weighted by Crippen LogP contribution is 2.31. The highest BCUT2D eigenvalue weighted by Gasteiger charge is 2.06. The summed E-state index contributed by atoms with van der Waals surface area (Å²) in [7, 11) is 0. The van der Waals surface area contributed by atoms with Gasteiger partial charge in [-0.25, -0.2) is 0 Å². The molecule has 0 amide bonds. The molecule has 0 bridgehead atoms. The summed E-state index contributed by atoms with van der Waals surface area (Å²) < 4.78 is 0. The zero-order chi connectivity index (χ0) is 11.7. The molecule has 1 aromatic carbocycles. The number of anilines is 1. The van der Waals surface area contributed by atoms with Crippen LogP contribution in [0.5, 0.6) is 0 Å². The van der Waals surface area contributed by atoms with E-state index in [0.717, 1.165) is 27.6 Å². The topological polar surface area (TPSA) is 51.8 Å². The van der Waals surface area contributed by atoms with Crippen LogP contribution in [0.15, 0.2) is 55.1 Å². The predicted octanol–water partition coefficient (Wildman–Crippen LogP) is 2.88. The lowest BCUT2D eigenvalue weighted by Gasteiger charge is -2.08. The molecule has 3 nitrogen and oxygen atoms in total. The molecule has 2 heterocycles. The van der Waals surface area contributed by atoms with Crippen LogP contribution < -0.4 is 5.73 Å². The largest absolute Gasteiger partial charge is 0.398 e. The van der Waals surface area contributed by atoms with E-state index in [4.69, 9.17) is 5.73 Å². The summed E-state index contributed by atoms with van der Waals surface area (Å²) in [5.74, 6) is 0. The smallest absolute Gasteiger partial charge is 0.0475 e. The normalized spacial score (nSPS) is 10.6. The van der Waals surface area contributed by atoms with Gasteiger partial charge in [-0.3, -0.25) is 9.97 Å². The van der Waals surface area contributed by atoms with E-state index in [1.165, 1.54) is 0 Å². The van der Waals surface area contributed by atoms with Crippen molar-refractivity contribution in [2.75, 3.05) is 5.73 Å². The van der Waals surface area contributed by atoms with Crippen LogP contribution in [0.25, 0.3) is 21.9 Å². The summed E-state index contributed by atoms with van der Waals surface area (Å²) in [6, 6.07) is 9.89. The number of rotatable bonds is 1. The Balaban J connectivity index is 2.29. The van der Waals surface area contributed by atoms with E-state index in [-0.39, 0.29) is 0 Å². The molecule has 82 valence electrons. The Hall–Kier alpha value is -2.42. The van der Waals surface area contributed by atoms with Gasteiger partial charge in [0.15, 0.2) is 0 Å². The Bertz CT molecular complexity index is 663. The van der Waals surface area contributed by atoms with Crippen molar-refractivity contribution in [2.45, 2.75) is 0 Å². The second-order valence-corrected chi connectivity index (χ2v) is 3.87. The van der Waals surface area contributed by atoms with Gasteiger partial charge in [-0.2, -0.15) is 0 Å². The zero-order valence-electron chi connectivity index (χ0n) is 9.17. The average molecular weight is 221 g/mol. The number of hydrogen-bond acceptors (Lipinski definition) is 3. The van der Waals surface area contributed by atoms with E-state index < -0.39 is 0 Å². The van der Waals surface area contributed by atoms with Crippen molar-refractivity contribution in [1.82, 2.24) is 9.97 Å². The van der Waals surface area contributed by atoms with Gasteiger partial charge in [-0.05, 0) is 12.1 Å². The molecule has 0 aliphatic carbocycles. The maximum atomic E-state index is 6.20. The first-order valence-corrected chi connectivity index (χ1v) is 5.39. The molecular formula is C14H11N3. The van der Waals surface area contributed by atoms with Gasteiger partial charge in [0.1, 0.15) is 0 Å². The van der Waals surface area contributed by atoms with Gasteiger partial charge in [0.05, 0.1) is 0 Å². The van der Waals surface area contributed by atoms with Crippen LogP contribution >= 0.6 is 0 Å². The summed E-state index contributed by atoms with van der Waals surface area (Å²) in [4.78, 5) is 8.20. The summed E-state index contributed by atoms with van der Waals surface area (Å²) in [6.45, 7) is 0. The lowest BCUT2D eigenvalue weighted by molar-refractivity contribution is 1.33. The highest BCUT2D eigenvalue weighted by molar-refractivity contribution is 5.99. The lowest BCUT2D eigenvalue weighted by Crippen LogP contribution is -1.92. The molecule has 0 unspecified atom stereocenters. The Labute approximate surface area is 98.9 Å². The minimum Gasteiger partial charge on any atom is -0.398 e. The maximum Gasteiger partial charge on any atom is 0.0475 e. The van der Waals surface area contributed by atoms with Gasteiger partial charge in [-0.15, -0.1) is 0 Å². The fourth-order valence-corrected chi connectivity index (χ4v) is 1.97. The van der Waals surface area contributed by atoms with Gasteiger partial charge in [-0.1, -0.05) is 18.2 Å². The number of nitrogen functional groups attached to an aromatic ring is 1. The Kier molecular flexibility index (Phi) is 2.22. The number of nitrogens with two attached hydrogens (primary N) is 1. The third-order valence-corrected chi connectivity index (χ3v) is 2.83. The highest BCUT2D eigenvalue weighted by atomic mass is 14.6. The quantitative estimate of drug-likeness (QED) is 0.643. The molecule has 0 radical (unpaired) electrons. The van der Waals surface area contributed by atoms with Crippen LogP contribution in [-0.4, -0.2) is 9.97 Å².